The molecule has 1 N–H and O–H groups in total. The third kappa shape index (κ3) is 4.95. The number of thiophene rings is 1. The van der Waals surface area contributed by atoms with Gasteiger partial charge in [-0.1, -0.05) is 23.9 Å². The van der Waals surface area contributed by atoms with Crippen molar-refractivity contribution in [3.8, 4) is 0 Å². The Morgan fingerprint density at radius 1 is 1.16 bits per heavy atom. The van der Waals surface area contributed by atoms with E-state index in [1.807, 2.05) is 12.1 Å². The molecule has 9 heteroatoms. The standard InChI is InChI=1S/C22H19N3O4S2/c1-14(26)23-11-16-8-9-20(31-16)19(27)13-30-22-24-18-7-3-2-6-17(18)21(28)25(22)12-15-5-4-10-29-15/h2-10H,11-13H2,1H3,(H,23,26). The van der Waals surface area contributed by atoms with Crippen molar-refractivity contribution in [2.24, 2.45) is 0 Å². The molecule has 0 aliphatic heterocycles. The molecule has 3 heterocycles. The van der Waals surface area contributed by atoms with Gasteiger partial charge in [0.1, 0.15) is 5.76 Å². The largest absolute Gasteiger partial charge is 0.467 e. The number of Topliss-reactive ketones (excluding diaryl/α,β-unsaturated/α-hetero) is 1. The zero-order valence-electron chi connectivity index (χ0n) is 16.7. The van der Waals surface area contributed by atoms with Crippen molar-refractivity contribution >= 4 is 45.7 Å². The van der Waals surface area contributed by atoms with E-state index < -0.39 is 0 Å². The van der Waals surface area contributed by atoms with Crippen molar-refractivity contribution in [1.82, 2.24) is 14.9 Å². The molecule has 0 aliphatic carbocycles. The third-order valence-corrected chi connectivity index (χ3v) is 6.60. The number of rotatable bonds is 8. The van der Waals surface area contributed by atoms with E-state index in [0.29, 0.717) is 33.2 Å². The fourth-order valence-electron chi connectivity index (χ4n) is 2.99. The van der Waals surface area contributed by atoms with E-state index in [0.717, 1.165) is 4.88 Å². The molecule has 0 bridgehead atoms. The topological polar surface area (TPSA) is 94.2 Å². The molecule has 7 nitrogen and oxygen atoms in total. The maximum Gasteiger partial charge on any atom is 0.262 e. The van der Waals surface area contributed by atoms with Gasteiger partial charge in [0.2, 0.25) is 5.91 Å². The summed E-state index contributed by atoms with van der Waals surface area (Å²) in [4.78, 5) is 43.0. The van der Waals surface area contributed by atoms with E-state index >= 15 is 0 Å². The lowest BCUT2D eigenvalue weighted by molar-refractivity contribution is -0.119. The molecule has 31 heavy (non-hydrogen) atoms. The van der Waals surface area contributed by atoms with Gasteiger partial charge in [0.25, 0.3) is 5.56 Å². The number of nitrogens with zero attached hydrogens (tertiary/aromatic N) is 2. The minimum Gasteiger partial charge on any atom is -0.467 e. The molecule has 1 aromatic carbocycles. The molecular weight excluding hydrogens is 434 g/mol. The van der Waals surface area contributed by atoms with Crippen LogP contribution in [0.15, 0.2) is 69.2 Å². The van der Waals surface area contributed by atoms with Gasteiger partial charge in [-0.2, -0.15) is 0 Å². The van der Waals surface area contributed by atoms with Crippen LogP contribution in [0.5, 0.6) is 0 Å². The quantitative estimate of drug-likeness (QED) is 0.248. The third-order valence-electron chi connectivity index (χ3n) is 4.50. The highest BCUT2D eigenvalue weighted by atomic mass is 32.2. The molecule has 0 spiro atoms. The molecule has 4 aromatic rings. The molecule has 1 amide bonds. The summed E-state index contributed by atoms with van der Waals surface area (Å²) in [6, 6.07) is 14.3. The van der Waals surface area contributed by atoms with Gasteiger partial charge in [-0.05, 0) is 36.4 Å². The first kappa shape index (κ1) is 21.1. The summed E-state index contributed by atoms with van der Waals surface area (Å²) in [7, 11) is 0. The summed E-state index contributed by atoms with van der Waals surface area (Å²) in [5, 5.41) is 3.70. The summed E-state index contributed by atoms with van der Waals surface area (Å²) in [6.45, 7) is 2.09. The first-order valence-corrected chi connectivity index (χ1v) is 11.3. The van der Waals surface area contributed by atoms with Crippen LogP contribution in [0.3, 0.4) is 0 Å². The molecule has 0 radical (unpaired) electrons. The van der Waals surface area contributed by atoms with Crippen LogP contribution in [0.25, 0.3) is 10.9 Å². The van der Waals surface area contributed by atoms with Gasteiger partial charge in [0.15, 0.2) is 10.9 Å². The number of fused-ring (bicyclic) bond motifs is 1. The second-order valence-corrected chi connectivity index (χ2v) is 8.88. The fourth-order valence-corrected chi connectivity index (χ4v) is 4.85. The lowest BCUT2D eigenvalue weighted by atomic mass is 10.2. The van der Waals surface area contributed by atoms with Gasteiger partial charge in [0.05, 0.1) is 40.9 Å². The van der Waals surface area contributed by atoms with Crippen molar-refractivity contribution in [2.45, 2.75) is 25.2 Å². The van der Waals surface area contributed by atoms with Crippen molar-refractivity contribution in [3.63, 3.8) is 0 Å². The lowest BCUT2D eigenvalue weighted by Gasteiger charge is -2.11. The highest BCUT2D eigenvalue weighted by molar-refractivity contribution is 7.99. The van der Waals surface area contributed by atoms with Crippen LogP contribution in [0.1, 0.15) is 27.2 Å². The van der Waals surface area contributed by atoms with Crippen LogP contribution in [0.4, 0.5) is 0 Å². The Labute approximate surface area is 186 Å². The van der Waals surface area contributed by atoms with E-state index in [9.17, 15) is 14.4 Å². The highest BCUT2D eigenvalue weighted by Crippen LogP contribution is 2.23. The molecule has 0 atom stereocenters. The summed E-state index contributed by atoms with van der Waals surface area (Å²) in [5.74, 6) is 0.598. The normalized spacial score (nSPS) is 11.0. The maximum atomic E-state index is 13.1. The first-order chi connectivity index (χ1) is 15.0. The smallest absolute Gasteiger partial charge is 0.262 e. The van der Waals surface area contributed by atoms with Gasteiger partial charge in [-0.25, -0.2) is 4.98 Å². The van der Waals surface area contributed by atoms with Crippen LogP contribution >= 0.6 is 23.1 Å². The molecule has 0 fully saturated rings. The van der Waals surface area contributed by atoms with Crippen LogP contribution < -0.4 is 10.9 Å². The van der Waals surface area contributed by atoms with Crippen LogP contribution in [0.2, 0.25) is 0 Å². The molecule has 0 saturated heterocycles. The molecule has 0 saturated carbocycles. The maximum absolute atomic E-state index is 13.1. The van der Waals surface area contributed by atoms with Gasteiger partial charge in [0, 0.05) is 11.8 Å². The number of aromatic nitrogens is 2. The molecule has 0 unspecified atom stereocenters. The summed E-state index contributed by atoms with van der Waals surface area (Å²) < 4.78 is 6.94. The highest BCUT2D eigenvalue weighted by Gasteiger charge is 2.16. The number of thioether (sulfide) groups is 1. The average molecular weight is 454 g/mol. The Hall–Kier alpha value is -3.17. The number of hydrogen-bond donors (Lipinski definition) is 1. The predicted molar refractivity (Wildman–Crippen MR) is 121 cm³/mol. The van der Waals surface area contributed by atoms with Crippen molar-refractivity contribution in [1.29, 1.82) is 0 Å². The van der Waals surface area contributed by atoms with Gasteiger partial charge in [-0.15, -0.1) is 11.3 Å². The van der Waals surface area contributed by atoms with Crippen molar-refractivity contribution in [2.75, 3.05) is 5.75 Å². The number of para-hydroxylation sites is 1. The molecule has 0 aliphatic rings. The Balaban J connectivity index is 1.56. The number of benzene rings is 1. The van der Waals surface area contributed by atoms with Crippen LogP contribution in [-0.4, -0.2) is 27.0 Å². The van der Waals surface area contributed by atoms with Gasteiger partial charge in [-0.3, -0.25) is 19.0 Å². The predicted octanol–water partition coefficient (Wildman–Crippen LogP) is 3.71. The van der Waals surface area contributed by atoms with Crippen LogP contribution in [0, 0.1) is 0 Å². The van der Waals surface area contributed by atoms with Crippen molar-refractivity contribution in [3.05, 3.63) is 80.7 Å². The van der Waals surface area contributed by atoms with E-state index in [4.69, 9.17) is 4.42 Å². The Kier molecular flexibility index (Phi) is 6.34. The minimum atomic E-state index is -0.175. The number of ketones is 1. The van der Waals surface area contributed by atoms with E-state index in [-0.39, 0.29) is 29.5 Å². The van der Waals surface area contributed by atoms with Crippen LogP contribution in [-0.2, 0) is 17.9 Å². The van der Waals surface area contributed by atoms with E-state index in [1.165, 1.54) is 34.6 Å². The van der Waals surface area contributed by atoms with E-state index in [1.54, 1.807) is 42.7 Å². The molecule has 3 aromatic heterocycles. The molecular formula is C22H19N3O4S2. The number of carbonyl (C=O) groups is 2. The number of hydrogen-bond acceptors (Lipinski definition) is 7. The Morgan fingerprint density at radius 2 is 2.00 bits per heavy atom. The average Bonchev–Trinajstić information content (AvgIpc) is 3.45. The fraction of sp³-hybridized carbons (Fsp3) is 0.182. The molecule has 158 valence electrons. The van der Waals surface area contributed by atoms with E-state index in [2.05, 4.69) is 10.3 Å². The minimum absolute atomic E-state index is 0.0592. The van der Waals surface area contributed by atoms with Gasteiger partial charge >= 0.3 is 0 Å². The summed E-state index contributed by atoms with van der Waals surface area (Å²) in [5.41, 5.74) is 0.414. The number of carbonyl (C=O) groups excluding carboxylic acids is 2. The van der Waals surface area contributed by atoms with Crippen molar-refractivity contribution < 1.29 is 14.0 Å². The second kappa shape index (κ2) is 9.32. The Morgan fingerprint density at radius 3 is 2.77 bits per heavy atom. The van der Waals surface area contributed by atoms with Gasteiger partial charge < -0.3 is 9.73 Å². The Bertz CT molecular complexity index is 1290. The second-order valence-electron chi connectivity index (χ2n) is 6.77. The lowest BCUT2D eigenvalue weighted by Crippen LogP contribution is -2.24. The monoisotopic (exact) mass is 453 g/mol. The number of furan rings is 1. The molecule has 4 rings (SSSR count). The number of nitrogens with one attached hydrogen (secondary N) is 1. The first-order valence-electron chi connectivity index (χ1n) is 9.52. The zero-order chi connectivity index (χ0) is 21.8. The zero-order valence-corrected chi connectivity index (χ0v) is 18.3. The SMILES string of the molecule is CC(=O)NCc1ccc(C(=O)CSc2nc3ccccc3c(=O)n2Cc2ccco2)s1. The number of amides is 1. The summed E-state index contributed by atoms with van der Waals surface area (Å²) in [6.07, 6.45) is 1.56. The summed E-state index contributed by atoms with van der Waals surface area (Å²) >= 11 is 2.58.